The van der Waals surface area contributed by atoms with Crippen molar-refractivity contribution < 1.29 is 51.1 Å². The third-order valence-electron chi connectivity index (χ3n) is 5.13. The Bertz CT molecular complexity index is 1150. The lowest BCUT2D eigenvalue weighted by Gasteiger charge is -2.15. The zero-order valence-corrected chi connectivity index (χ0v) is 18.0. The van der Waals surface area contributed by atoms with Crippen LogP contribution in [0.15, 0.2) is 27.3 Å². The molecule has 1 aliphatic rings. The highest BCUT2D eigenvalue weighted by Crippen LogP contribution is 2.64. The van der Waals surface area contributed by atoms with Crippen molar-refractivity contribution in [3.63, 3.8) is 0 Å². The molecule has 0 aromatic carbocycles. The first-order valence-corrected chi connectivity index (χ1v) is 11.2. The van der Waals surface area contributed by atoms with Gasteiger partial charge in [-0.15, -0.1) is 0 Å². The van der Waals surface area contributed by atoms with Gasteiger partial charge in [0.25, 0.3) is 0 Å². The molecule has 2 heterocycles. The lowest BCUT2D eigenvalue weighted by Crippen LogP contribution is -2.20. The molecule has 2 aromatic rings. The van der Waals surface area contributed by atoms with Crippen molar-refractivity contribution in [2.75, 3.05) is 0 Å². The summed E-state index contributed by atoms with van der Waals surface area (Å²) in [7, 11) is -4.22. The van der Waals surface area contributed by atoms with E-state index in [1.54, 1.807) is 0 Å². The Hall–Kier alpha value is -2.89. The van der Waals surface area contributed by atoms with E-state index in [-0.39, 0.29) is 48.9 Å². The van der Waals surface area contributed by atoms with E-state index < -0.39 is 55.3 Å². The van der Waals surface area contributed by atoms with Crippen molar-refractivity contribution in [3.05, 3.63) is 44.3 Å². The number of rotatable bonds is 11. The van der Waals surface area contributed by atoms with Gasteiger partial charge in [0.15, 0.2) is 23.9 Å². The van der Waals surface area contributed by atoms with Crippen molar-refractivity contribution in [1.29, 1.82) is 0 Å². The molecular formula is C18H21O13P. The molecule has 13 nitrogen and oxygen atoms in total. The lowest BCUT2D eigenvalue weighted by atomic mass is 9.98. The molecule has 2 aromatic heterocycles. The van der Waals surface area contributed by atoms with Gasteiger partial charge < -0.3 is 36.9 Å². The lowest BCUT2D eigenvalue weighted by molar-refractivity contribution is -0.147. The maximum absolute atomic E-state index is 12.5. The minimum Gasteiger partial charge on any atom is -0.481 e. The highest BCUT2D eigenvalue weighted by Gasteiger charge is 2.56. The topological polar surface area (TPSA) is 197 Å². The van der Waals surface area contributed by atoms with Crippen molar-refractivity contribution in [3.8, 4) is 0 Å². The monoisotopic (exact) mass is 476 g/mol. The van der Waals surface area contributed by atoms with Crippen LogP contribution in [0.3, 0.4) is 0 Å². The van der Waals surface area contributed by atoms with Gasteiger partial charge in [-0.05, 0) is 32.6 Å². The number of aryl methyl sites for hydroxylation is 2. The van der Waals surface area contributed by atoms with Gasteiger partial charge in [-0.2, -0.15) is 0 Å². The molecule has 4 atom stereocenters. The van der Waals surface area contributed by atoms with E-state index in [1.165, 1.54) is 13.8 Å². The fraction of sp³-hybridized carbons (Fsp3) is 0.556. The minimum absolute atomic E-state index is 0.0392. The van der Waals surface area contributed by atoms with E-state index in [9.17, 15) is 33.7 Å². The maximum atomic E-state index is 12.5. The van der Waals surface area contributed by atoms with Crippen LogP contribution >= 0.6 is 7.60 Å². The highest BCUT2D eigenvalue weighted by atomic mass is 31.2. The Morgan fingerprint density at radius 2 is 1.62 bits per heavy atom. The number of carboxylic acid groups (broad SMARTS) is 1. The molecule has 0 spiro atoms. The van der Waals surface area contributed by atoms with Gasteiger partial charge in [0.05, 0.1) is 11.6 Å². The molecule has 3 rings (SSSR count). The number of ether oxygens (including phenoxy) is 1. The Morgan fingerprint density at radius 1 is 1.06 bits per heavy atom. The molecule has 176 valence electrons. The normalized spacial score (nSPS) is 20.5. The van der Waals surface area contributed by atoms with Crippen LogP contribution in [0.5, 0.6) is 0 Å². The van der Waals surface area contributed by atoms with E-state index in [4.69, 9.17) is 18.1 Å². The molecule has 0 amide bonds. The van der Waals surface area contributed by atoms with Gasteiger partial charge >= 0.3 is 31.2 Å². The van der Waals surface area contributed by atoms with Gasteiger partial charge in [0, 0.05) is 6.42 Å². The molecule has 32 heavy (non-hydrogen) atoms. The van der Waals surface area contributed by atoms with Gasteiger partial charge in [0.2, 0.25) is 0 Å². The summed E-state index contributed by atoms with van der Waals surface area (Å²) in [6.07, 6.45) is -0.274. The van der Waals surface area contributed by atoms with Crippen molar-refractivity contribution >= 4 is 19.5 Å². The van der Waals surface area contributed by atoms with E-state index in [0.717, 1.165) is 0 Å². The SMILES string of the molecule is Cc1oc(=O)oc1COC(=O)CCC(C(=O)O)C1CC1P(=O)(O)OCc1oc(=O)oc1C. The van der Waals surface area contributed by atoms with Crippen molar-refractivity contribution in [1.82, 2.24) is 0 Å². The number of carboxylic acids is 1. The fourth-order valence-electron chi connectivity index (χ4n) is 3.28. The third kappa shape index (κ3) is 5.67. The molecule has 1 fully saturated rings. The average Bonchev–Trinajstić information content (AvgIpc) is 3.33. The second-order valence-corrected chi connectivity index (χ2v) is 9.37. The molecule has 0 aliphatic heterocycles. The van der Waals surface area contributed by atoms with Crippen LogP contribution < -0.4 is 11.6 Å². The predicted octanol–water partition coefficient (Wildman–Crippen LogP) is 1.71. The van der Waals surface area contributed by atoms with Crippen LogP contribution in [0.2, 0.25) is 0 Å². The summed E-state index contributed by atoms with van der Waals surface area (Å²) in [5.74, 6) is -5.33. The largest absolute Gasteiger partial charge is 0.519 e. The Labute approximate surface area is 179 Å². The van der Waals surface area contributed by atoms with Gasteiger partial charge in [0.1, 0.15) is 12.4 Å². The van der Waals surface area contributed by atoms with Gasteiger partial charge in [-0.1, -0.05) is 0 Å². The summed E-state index contributed by atoms with van der Waals surface area (Å²) in [4.78, 5) is 55.7. The number of carbonyl (C=O) groups is 2. The van der Waals surface area contributed by atoms with E-state index in [2.05, 4.69) is 8.83 Å². The number of aliphatic carboxylic acids is 1. The first-order valence-electron chi connectivity index (χ1n) is 9.52. The first-order chi connectivity index (χ1) is 15.0. The summed E-state index contributed by atoms with van der Waals surface area (Å²) in [6, 6.07) is 0. The zero-order valence-electron chi connectivity index (χ0n) is 17.1. The summed E-state index contributed by atoms with van der Waals surface area (Å²) >= 11 is 0. The molecule has 1 aliphatic carbocycles. The van der Waals surface area contributed by atoms with E-state index in [0.29, 0.717) is 0 Å². The van der Waals surface area contributed by atoms with Crippen LogP contribution in [0, 0.1) is 25.7 Å². The van der Waals surface area contributed by atoms with Crippen molar-refractivity contribution in [2.24, 2.45) is 11.8 Å². The number of esters is 1. The highest BCUT2D eigenvalue weighted by molar-refractivity contribution is 7.54. The molecule has 0 radical (unpaired) electrons. The fourth-order valence-corrected chi connectivity index (χ4v) is 4.97. The second kappa shape index (κ2) is 9.31. The predicted molar refractivity (Wildman–Crippen MR) is 101 cm³/mol. The smallest absolute Gasteiger partial charge is 0.481 e. The summed E-state index contributed by atoms with van der Waals surface area (Å²) in [6.45, 7) is 2.05. The van der Waals surface area contributed by atoms with Crippen LogP contribution in [0.1, 0.15) is 42.3 Å². The Morgan fingerprint density at radius 3 is 2.12 bits per heavy atom. The number of hydrogen-bond donors (Lipinski definition) is 2. The summed E-state index contributed by atoms with van der Waals surface area (Å²) in [5.41, 5.74) is -0.929. The van der Waals surface area contributed by atoms with Crippen LogP contribution in [0.25, 0.3) is 0 Å². The van der Waals surface area contributed by atoms with Gasteiger partial charge in [-0.25, -0.2) is 9.59 Å². The molecular weight excluding hydrogens is 455 g/mol. The quantitative estimate of drug-likeness (QED) is 0.351. The van der Waals surface area contributed by atoms with Crippen LogP contribution in [0.4, 0.5) is 0 Å². The molecule has 0 bridgehead atoms. The molecule has 1 saturated carbocycles. The van der Waals surface area contributed by atoms with Crippen LogP contribution in [-0.2, 0) is 36.6 Å². The molecule has 0 saturated heterocycles. The Balaban J connectivity index is 1.50. The minimum atomic E-state index is -4.22. The summed E-state index contributed by atoms with van der Waals surface area (Å²) < 4.78 is 41.1. The van der Waals surface area contributed by atoms with Crippen LogP contribution in [-0.4, -0.2) is 27.6 Å². The molecule has 14 heteroatoms. The zero-order chi connectivity index (χ0) is 23.6. The van der Waals surface area contributed by atoms with Gasteiger partial charge in [-0.3, -0.25) is 14.2 Å². The number of carbonyl (C=O) groups excluding carboxylic acids is 1. The van der Waals surface area contributed by atoms with E-state index in [1.807, 2.05) is 0 Å². The third-order valence-corrected chi connectivity index (χ3v) is 7.06. The molecule has 2 N–H and O–H groups in total. The average molecular weight is 476 g/mol. The van der Waals surface area contributed by atoms with Crippen molar-refractivity contribution in [2.45, 2.75) is 52.0 Å². The van der Waals surface area contributed by atoms with E-state index >= 15 is 0 Å². The standard InChI is InChI=1S/C18H21O13P/c1-8-12(30-17(22)28-8)6-26-15(19)4-3-10(16(20)21)11-5-14(11)32(24,25)27-7-13-9(2)29-18(23)31-13/h10-11,14H,3-7H2,1-2H3,(H,20,21)(H,24,25). The second-order valence-electron chi connectivity index (χ2n) is 7.32. The Kier molecular flexibility index (Phi) is 6.91. The first kappa shape index (κ1) is 23.8. The molecule has 4 unspecified atom stereocenters. The number of hydrogen-bond acceptors (Lipinski definition) is 11. The maximum Gasteiger partial charge on any atom is 0.519 e. The summed E-state index contributed by atoms with van der Waals surface area (Å²) in [5, 5.41) is 9.49.